The van der Waals surface area contributed by atoms with Crippen LogP contribution in [0, 0.1) is 23.7 Å². The molecule has 0 saturated heterocycles. The number of carbonyl (C=O) groups excluding carboxylic acids is 4. The van der Waals surface area contributed by atoms with Gasteiger partial charge in [0.2, 0.25) is 0 Å². The summed E-state index contributed by atoms with van der Waals surface area (Å²) < 4.78 is 16.1. The number of rotatable bonds is 22. The molecule has 0 bridgehead atoms. The van der Waals surface area contributed by atoms with E-state index in [9.17, 15) is 19.2 Å². The molecule has 0 radical (unpaired) electrons. The Morgan fingerprint density at radius 2 is 1.09 bits per heavy atom. The zero-order valence-corrected chi connectivity index (χ0v) is 22.1. The normalized spacial score (nSPS) is 14.6. The van der Waals surface area contributed by atoms with Crippen LogP contribution in [0.15, 0.2) is 0 Å². The highest BCUT2D eigenvalue weighted by atomic mass is 16.6. The minimum Gasteiger partial charge on any atom is -0.463 e. The average molecular weight is 485 g/mol. The fraction of sp³-hybridized carbons (Fsp3) is 0.852. The summed E-state index contributed by atoms with van der Waals surface area (Å²) in [6, 6.07) is 0. The van der Waals surface area contributed by atoms with Gasteiger partial charge in [0.1, 0.15) is 25.3 Å². The quantitative estimate of drug-likeness (QED) is 0.116. The van der Waals surface area contributed by atoms with Crippen LogP contribution in [0.4, 0.5) is 0 Å². The lowest BCUT2D eigenvalue weighted by Gasteiger charge is -2.16. The third-order valence-corrected chi connectivity index (χ3v) is 6.61. The van der Waals surface area contributed by atoms with Gasteiger partial charge >= 0.3 is 11.9 Å². The summed E-state index contributed by atoms with van der Waals surface area (Å²) in [5.74, 6) is -0.388. The third-order valence-electron chi connectivity index (χ3n) is 6.61. The lowest BCUT2D eigenvalue weighted by molar-refractivity contribution is -0.152. The summed E-state index contributed by atoms with van der Waals surface area (Å²) in [5, 5.41) is 0. The zero-order valence-electron chi connectivity index (χ0n) is 22.1. The van der Waals surface area contributed by atoms with Gasteiger partial charge in [-0.15, -0.1) is 0 Å². The number of esters is 2. The van der Waals surface area contributed by atoms with E-state index >= 15 is 0 Å². The number of aldehydes is 1. The number of hydrogen-bond donors (Lipinski definition) is 0. The lowest BCUT2D eigenvalue weighted by Crippen LogP contribution is -2.22. The minimum atomic E-state index is -0.224. The molecular formula is C27H48O7. The van der Waals surface area contributed by atoms with E-state index in [4.69, 9.17) is 14.2 Å². The number of ether oxygens (including phenoxy) is 3. The van der Waals surface area contributed by atoms with Gasteiger partial charge in [-0.1, -0.05) is 40.5 Å². The molecule has 0 aliphatic carbocycles. The summed E-state index contributed by atoms with van der Waals surface area (Å²) in [5.41, 5.74) is 0. The Kier molecular flexibility index (Phi) is 19.5. The van der Waals surface area contributed by atoms with Crippen molar-refractivity contribution < 1.29 is 33.4 Å². The van der Waals surface area contributed by atoms with Gasteiger partial charge in [-0.2, -0.15) is 0 Å². The molecule has 4 unspecified atom stereocenters. The SMILES string of the molecule is CCC(C=O)CCCC(CC)C(=O)OCCOCCOC(=O)C(CC)CCCC(CC)C(C)=O. The van der Waals surface area contributed by atoms with Crippen molar-refractivity contribution in [3.05, 3.63) is 0 Å². The first-order valence-corrected chi connectivity index (χ1v) is 13.2. The largest absolute Gasteiger partial charge is 0.463 e. The molecule has 0 heterocycles. The van der Waals surface area contributed by atoms with E-state index in [2.05, 4.69) is 0 Å². The van der Waals surface area contributed by atoms with Crippen molar-refractivity contribution in [1.29, 1.82) is 0 Å². The van der Waals surface area contributed by atoms with Crippen LogP contribution in [0.1, 0.15) is 98.8 Å². The average Bonchev–Trinajstić information content (AvgIpc) is 2.83. The fourth-order valence-corrected chi connectivity index (χ4v) is 4.02. The predicted octanol–water partition coefficient (Wildman–Crippen LogP) is 5.32. The predicted molar refractivity (Wildman–Crippen MR) is 132 cm³/mol. The molecule has 0 rings (SSSR count). The van der Waals surface area contributed by atoms with Gasteiger partial charge in [-0.3, -0.25) is 14.4 Å². The van der Waals surface area contributed by atoms with Crippen LogP contribution in [0.2, 0.25) is 0 Å². The first kappa shape index (κ1) is 32.2. The molecule has 0 aliphatic rings. The van der Waals surface area contributed by atoms with E-state index in [1.54, 1.807) is 6.92 Å². The van der Waals surface area contributed by atoms with Crippen LogP contribution in [-0.4, -0.2) is 50.4 Å². The second-order valence-corrected chi connectivity index (χ2v) is 9.04. The number of hydrogen-bond acceptors (Lipinski definition) is 7. The van der Waals surface area contributed by atoms with Gasteiger partial charge < -0.3 is 19.0 Å². The summed E-state index contributed by atoms with van der Waals surface area (Å²) >= 11 is 0. The van der Waals surface area contributed by atoms with Crippen LogP contribution in [-0.2, 0) is 33.4 Å². The summed E-state index contributed by atoms with van der Waals surface area (Å²) in [7, 11) is 0. The summed E-state index contributed by atoms with van der Waals surface area (Å²) in [6.45, 7) is 10.4. The molecule has 7 heteroatoms. The van der Waals surface area contributed by atoms with Crippen LogP contribution in [0.3, 0.4) is 0 Å². The number of Topliss-reactive ketones (excluding diaryl/α,β-unsaturated/α-hetero) is 1. The van der Waals surface area contributed by atoms with Crippen molar-refractivity contribution in [2.24, 2.45) is 23.7 Å². The van der Waals surface area contributed by atoms with Crippen molar-refractivity contribution >= 4 is 24.0 Å². The second-order valence-electron chi connectivity index (χ2n) is 9.04. The molecule has 34 heavy (non-hydrogen) atoms. The van der Waals surface area contributed by atoms with Gasteiger partial charge in [0.05, 0.1) is 25.0 Å². The molecule has 0 saturated carbocycles. The molecule has 0 aliphatic heterocycles. The molecule has 0 fully saturated rings. The van der Waals surface area contributed by atoms with Crippen molar-refractivity contribution in [3.8, 4) is 0 Å². The molecule has 4 atom stereocenters. The van der Waals surface area contributed by atoms with Crippen LogP contribution >= 0.6 is 0 Å². The number of carbonyl (C=O) groups is 4. The lowest BCUT2D eigenvalue weighted by atomic mass is 9.92. The molecule has 0 aromatic carbocycles. The van der Waals surface area contributed by atoms with Gasteiger partial charge in [-0.25, -0.2) is 0 Å². The maximum absolute atomic E-state index is 12.3. The van der Waals surface area contributed by atoms with Gasteiger partial charge in [-0.05, 0) is 58.3 Å². The van der Waals surface area contributed by atoms with Crippen molar-refractivity contribution in [3.63, 3.8) is 0 Å². The highest BCUT2D eigenvalue weighted by Crippen LogP contribution is 2.20. The van der Waals surface area contributed by atoms with Crippen molar-refractivity contribution in [2.75, 3.05) is 26.4 Å². The Labute approximate surface area is 206 Å². The maximum atomic E-state index is 12.3. The molecule has 0 spiro atoms. The Morgan fingerprint density at radius 3 is 1.47 bits per heavy atom. The molecule has 0 N–H and O–H groups in total. The standard InChI is InChI=1S/C27H48O7/c1-6-22(20-28)12-10-14-24(8-3)26(30)33-18-16-32-17-19-34-27(31)25(9-4)15-11-13-23(7-2)21(5)29/h20,22-25H,6-19H2,1-5H3. The summed E-state index contributed by atoms with van der Waals surface area (Å²) in [4.78, 5) is 46.9. The Hall–Kier alpha value is -1.76. The molecule has 198 valence electrons. The highest BCUT2D eigenvalue weighted by molar-refractivity contribution is 5.78. The zero-order chi connectivity index (χ0) is 25.8. The molecule has 7 nitrogen and oxygen atoms in total. The van der Waals surface area contributed by atoms with Crippen molar-refractivity contribution in [2.45, 2.75) is 98.8 Å². The van der Waals surface area contributed by atoms with Crippen molar-refractivity contribution in [1.82, 2.24) is 0 Å². The van der Waals surface area contributed by atoms with E-state index in [1.165, 1.54) is 0 Å². The Balaban J connectivity index is 3.98. The highest BCUT2D eigenvalue weighted by Gasteiger charge is 2.20. The first-order chi connectivity index (χ1) is 16.3. The Bertz CT molecular complexity index is 575. The van der Waals surface area contributed by atoms with E-state index in [1.807, 2.05) is 27.7 Å². The maximum Gasteiger partial charge on any atom is 0.308 e. The topological polar surface area (TPSA) is 96.0 Å². The first-order valence-electron chi connectivity index (χ1n) is 13.2. The molecule has 0 aromatic heterocycles. The number of ketones is 1. The summed E-state index contributed by atoms with van der Waals surface area (Å²) in [6.07, 6.45) is 8.82. The molecule has 0 amide bonds. The monoisotopic (exact) mass is 484 g/mol. The van der Waals surface area contributed by atoms with Gasteiger partial charge in [0.25, 0.3) is 0 Å². The molecular weight excluding hydrogens is 436 g/mol. The van der Waals surface area contributed by atoms with E-state index in [-0.39, 0.29) is 67.8 Å². The fourth-order valence-electron chi connectivity index (χ4n) is 4.02. The third kappa shape index (κ3) is 14.5. The van der Waals surface area contributed by atoms with Crippen LogP contribution in [0.25, 0.3) is 0 Å². The van der Waals surface area contributed by atoms with Crippen LogP contribution < -0.4 is 0 Å². The second kappa shape index (κ2) is 20.6. The van der Waals surface area contributed by atoms with E-state index in [0.717, 1.165) is 57.7 Å². The van der Waals surface area contributed by atoms with Gasteiger partial charge in [0, 0.05) is 11.8 Å². The minimum absolute atomic E-state index is 0.0729. The molecule has 0 aromatic rings. The van der Waals surface area contributed by atoms with E-state index < -0.39 is 0 Å². The van der Waals surface area contributed by atoms with Gasteiger partial charge in [0.15, 0.2) is 0 Å². The Morgan fingerprint density at radius 1 is 0.647 bits per heavy atom. The van der Waals surface area contributed by atoms with E-state index in [0.29, 0.717) is 12.8 Å². The smallest absolute Gasteiger partial charge is 0.308 e. The van der Waals surface area contributed by atoms with Crippen LogP contribution in [0.5, 0.6) is 0 Å².